The van der Waals surface area contributed by atoms with Gasteiger partial charge in [0, 0.05) is 40.0 Å². The molecule has 0 radical (unpaired) electrons. The Morgan fingerprint density at radius 1 is 1.05 bits per heavy atom. The summed E-state index contributed by atoms with van der Waals surface area (Å²) in [6.07, 6.45) is 3.37. The minimum Gasteiger partial charge on any atom is -0.350 e. The normalized spacial score (nSPS) is 14.9. The van der Waals surface area contributed by atoms with Crippen LogP contribution in [0.2, 0.25) is 5.02 Å². The molecule has 41 heavy (non-hydrogen) atoms. The fourth-order valence-corrected chi connectivity index (χ4v) is 7.07. The number of fused-ring (bicyclic) bond motifs is 1. The zero-order valence-electron chi connectivity index (χ0n) is 22.2. The summed E-state index contributed by atoms with van der Waals surface area (Å²) < 4.78 is 1.80. The summed E-state index contributed by atoms with van der Waals surface area (Å²) in [7, 11) is 0. The Morgan fingerprint density at radius 2 is 1.80 bits per heavy atom. The van der Waals surface area contributed by atoms with Gasteiger partial charge in [-0.25, -0.2) is 4.68 Å². The van der Waals surface area contributed by atoms with Crippen LogP contribution in [0.5, 0.6) is 0 Å². The minimum atomic E-state index is -0.259. The van der Waals surface area contributed by atoms with Crippen LogP contribution in [0.1, 0.15) is 26.8 Å². The first kappa shape index (κ1) is 27.3. The van der Waals surface area contributed by atoms with Gasteiger partial charge in [0.25, 0.3) is 0 Å². The molecule has 5 aromatic rings. The lowest BCUT2D eigenvalue weighted by molar-refractivity contribution is -0.123. The molecule has 10 heteroatoms. The van der Waals surface area contributed by atoms with Crippen molar-refractivity contribution in [2.45, 2.75) is 18.7 Å². The number of anilines is 1. The summed E-state index contributed by atoms with van der Waals surface area (Å²) in [4.78, 5) is 33.8. The number of thiophene rings is 1. The fraction of sp³-hybridized carbons (Fsp3) is 0.161. The lowest BCUT2D eigenvalue weighted by atomic mass is 10.0. The third-order valence-corrected chi connectivity index (χ3v) is 9.40. The molecular formula is C31H26ClN5O2S2. The van der Waals surface area contributed by atoms with Crippen molar-refractivity contribution in [3.05, 3.63) is 117 Å². The summed E-state index contributed by atoms with van der Waals surface area (Å²) in [5.74, 6) is 0.421. The summed E-state index contributed by atoms with van der Waals surface area (Å²) in [6, 6.07) is 23.4. The van der Waals surface area contributed by atoms with Gasteiger partial charge in [0.15, 0.2) is 0 Å². The molecule has 1 unspecified atom stereocenters. The number of amides is 2. The molecule has 0 spiro atoms. The number of hydrogen-bond acceptors (Lipinski definition) is 6. The molecule has 0 bridgehead atoms. The molecule has 2 amide bonds. The highest BCUT2D eigenvalue weighted by atomic mass is 35.5. The molecule has 206 valence electrons. The first-order valence-electron chi connectivity index (χ1n) is 13.0. The lowest BCUT2D eigenvalue weighted by Gasteiger charge is -2.23. The van der Waals surface area contributed by atoms with Crippen LogP contribution in [0, 0.1) is 6.92 Å². The number of carbonyl (C=O) groups is 2. The van der Waals surface area contributed by atoms with Gasteiger partial charge in [0.1, 0.15) is 12.4 Å². The molecule has 4 heterocycles. The first-order valence-corrected chi connectivity index (χ1v) is 15.4. The van der Waals surface area contributed by atoms with Gasteiger partial charge < -0.3 is 5.32 Å². The second-order valence-electron chi connectivity index (χ2n) is 9.66. The largest absolute Gasteiger partial charge is 0.350 e. The van der Waals surface area contributed by atoms with Crippen molar-refractivity contribution in [3.8, 4) is 16.9 Å². The predicted molar refractivity (Wildman–Crippen MR) is 166 cm³/mol. The molecule has 0 aliphatic carbocycles. The minimum absolute atomic E-state index is 0.133. The van der Waals surface area contributed by atoms with Crippen LogP contribution in [0.15, 0.2) is 90.6 Å². The number of hydrogen-bond donors (Lipinski definition) is 1. The van der Waals surface area contributed by atoms with Crippen molar-refractivity contribution in [1.82, 2.24) is 20.1 Å². The van der Waals surface area contributed by atoms with E-state index in [9.17, 15) is 9.59 Å². The van der Waals surface area contributed by atoms with Crippen LogP contribution in [-0.2, 0) is 16.1 Å². The first-order chi connectivity index (χ1) is 20.0. The summed E-state index contributed by atoms with van der Waals surface area (Å²) in [5.41, 5.74) is 5.38. The van der Waals surface area contributed by atoms with E-state index in [1.54, 1.807) is 45.1 Å². The third-order valence-electron chi connectivity index (χ3n) is 6.83. The number of benzene rings is 2. The Hall–Kier alpha value is -3.92. The van der Waals surface area contributed by atoms with E-state index in [0.717, 1.165) is 38.5 Å². The lowest BCUT2D eigenvalue weighted by Crippen LogP contribution is -2.42. The van der Waals surface area contributed by atoms with Crippen LogP contribution in [0.4, 0.5) is 5.82 Å². The standard InChI is InChI=1S/C31H26ClN5O2S2/c1-20-4-10-24(11-5-20)37-31-28(29(35-37)22-6-8-23(32)9-7-22)30(25-3-2-16-40-25)41-19-27(39)36(31)18-26(38)34-17-21-12-14-33-15-13-21/h2-16,30H,17-19H2,1H3,(H,34,38). The summed E-state index contributed by atoms with van der Waals surface area (Å²) in [6.45, 7) is 2.24. The highest BCUT2D eigenvalue weighted by Crippen LogP contribution is 2.49. The Balaban J connectivity index is 1.50. The number of nitrogens with zero attached hydrogens (tertiary/aromatic N) is 4. The molecule has 2 aromatic carbocycles. The van der Waals surface area contributed by atoms with E-state index in [0.29, 0.717) is 17.4 Å². The Kier molecular flexibility index (Phi) is 7.91. The topological polar surface area (TPSA) is 80.1 Å². The van der Waals surface area contributed by atoms with Gasteiger partial charge in [-0.05, 0) is 60.3 Å². The third kappa shape index (κ3) is 5.79. The van der Waals surface area contributed by atoms with E-state index in [2.05, 4.69) is 16.4 Å². The average Bonchev–Trinajstić information content (AvgIpc) is 3.63. The maximum absolute atomic E-state index is 13.8. The van der Waals surface area contributed by atoms with E-state index in [1.807, 2.05) is 79.0 Å². The number of aryl methyl sites for hydroxylation is 1. The maximum Gasteiger partial charge on any atom is 0.240 e. The number of carbonyl (C=O) groups excluding carboxylic acids is 2. The van der Waals surface area contributed by atoms with E-state index in [4.69, 9.17) is 16.7 Å². The highest BCUT2D eigenvalue weighted by Gasteiger charge is 2.38. The van der Waals surface area contributed by atoms with E-state index in [1.165, 1.54) is 0 Å². The molecule has 1 aliphatic rings. The SMILES string of the molecule is Cc1ccc(-n2nc(-c3ccc(Cl)cc3)c3c2N(CC(=O)NCc2ccncc2)C(=O)CSC3c2cccs2)cc1. The number of pyridine rings is 1. The molecule has 1 atom stereocenters. The van der Waals surface area contributed by atoms with Gasteiger partial charge in [-0.2, -0.15) is 5.10 Å². The van der Waals surface area contributed by atoms with Crippen molar-refractivity contribution in [2.75, 3.05) is 17.2 Å². The highest BCUT2D eigenvalue weighted by molar-refractivity contribution is 8.00. The number of aromatic nitrogens is 3. The van der Waals surface area contributed by atoms with Gasteiger partial charge in [-0.3, -0.25) is 19.5 Å². The summed E-state index contributed by atoms with van der Waals surface area (Å²) >= 11 is 9.44. The number of halogens is 1. The maximum atomic E-state index is 13.8. The van der Waals surface area contributed by atoms with Crippen LogP contribution < -0.4 is 10.2 Å². The average molecular weight is 600 g/mol. The monoisotopic (exact) mass is 599 g/mol. The van der Waals surface area contributed by atoms with Crippen LogP contribution in [0.25, 0.3) is 16.9 Å². The van der Waals surface area contributed by atoms with E-state index >= 15 is 0 Å². The van der Waals surface area contributed by atoms with Crippen molar-refractivity contribution in [1.29, 1.82) is 0 Å². The molecule has 1 N–H and O–H groups in total. The van der Waals surface area contributed by atoms with E-state index in [-0.39, 0.29) is 29.4 Å². The zero-order chi connectivity index (χ0) is 28.3. The van der Waals surface area contributed by atoms with Crippen molar-refractivity contribution in [2.24, 2.45) is 0 Å². The fourth-order valence-electron chi connectivity index (χ4n) is 4.77. The van der Waals surface area contributed by atoms with Gasteiger partial charge in [-0.1, -0.05) is 47.5 Å². The van der Waals surface area contributed by atoms with Crippen LogP contribution >= 0.6 is 34.7 Å². The zero-order valence-corrected chi connectivity index (χ0v) is 24.5. The second kappa shape index (κ2) is 11.9. The predicted octanol–water partition coefficient (Wildman–Crippen LogP) is 6.44. The quantitative estimate of drug-likeness (QED) is 0.233. The number of thioether (sulfide) groups is 1. The van der Waals surface area contributed by atoms with E-state index < -0.39 is 0 Å². The van der Waals surface area contributed by atoms with Gasteiger partial charge in [0.2, 0.25) is 11.8 Å². The second-order valence-corrected chi connectivity index (χ2v) is 12.2. The van der Waals surface area contributed by atoms with Crippen LogP contribution in [0.3, 0.4) is 0 Å². The molecule has 0 saturated heterocycles. The van der Waals surface area contributed by atoms with Crippen molar-refractivity contribution >= 4 is 52.3 Å². The Labute approximate surface area is 251 Å². The summed E-state index contributed by atoms with van der Waals surface area (Å²) in [5, 5.41) is 10.6. The smallest absolute Gasteiger partial charge is 0.240 e. The number of nitrogens with one attached hydrogen (secondary N) is 1. The molecule has 1 aliphatic heterocycles. The molecule has 6 rings (SSSR count). The van der Waals surface area contributed by atoms with Crippen molar-refractivity contribution in [3.63, 3.8) is 0 Å². The molecule has 7 nitrogen and oxygen atoms in total. The van der Waals surface area contributed by atoms with Crippen molar-refractivity contribution < 1.29 is 9.59 Å². The van der Waals surface area contributed by atoms with Gasteiger partial charge >= 0.3 is 0 Å². The number of rotatable bonds is 7. The molecule has 3 aromatic heterocycles. The molecular weight excluding hydrogens is 574 g/mol. The van der Waals surface area contributed by atoms with Crippen LogP contribution in [-0.4, -0.2) is 38.9 Å². The van der Waals surface area contributed by atoms with Gasteiger partial charge in [0.05, 0.1) is 22.4 Å². The Morgan fingerprint density at radius 3 is 2.51 bits per heavy atom. The van der Waals surface area contributed by atoms with Gasteiger partial charge in [-0.15, -0.1) is 23.1 Å². The molecule has 0 fully saturated rings. The Bertz CT molecular complexity index is 1670. The molecule has 0 saturated carbocycles.